The molecule has 0 atom stereocenters. The number of allylic oxidation sites excluding steroid dienone is 2. The Hall–Kier alpha value is -3.34. The van der Waals surface area contributed by atoms with Crippen molar-refractivity contribution in [2.75, 3.05) is 0 Å². The number of furan rings is 1. The molecule has 217 valence electrons. The third-order valence-electron chi connectivity index (χ3n) is 6.83. The Morgan fingerprint density at radius 3 is 2.05 bits per heavy atom. The van der Waals surface area contributed by atoms with Gasteiger partial charge in [0.2, 0.25) is 0 Å². The van der Waals surface area contributed by atoms with Crippen LogP contribution in [0, 0.1) is 16.9 Å². The number of hydrogen-bond acceptors (Lipinski definition) is 5. The van der Waals surface area contributed by atoms with Crippen LogP contribution < -0.4 is 0 Å². The molecule has 0 saturated carbocycles. The minimum Gasteiger partial charge on any atom is -0.512 e. The summed E-state index contributed by atoms with van der Waals surface area (Å²) in [5, 5.41) is 12.9. The molecule has 6 heteroatoms. The quantitative estimate of drug-likeness (QED) is 0.111. The summed E-state index contributed by atoms with van der Waals surface area (Å²) < 4.78 is 6.20. The number of ketones is 1. The van der Waals surface area contributed by atoms with Crippen LogP contribution in [0.1, 0.15) is 67.9 Å². The third kappa shape index (κ3) is 7.30. The molecule has 3 aromatic carbocycles. The molecule has 0 bridgehead atoms. The fraction of sp³-hybridized carbons (Fsp3) is 0.343. The number of benzene rings is 3. The number of aromatic nitrogens is 2. The minimum absolute atomic E-state index is 0. The summed E-state index contributed by atoms with van der Waals surface area (Å²) in [6, 6.07) is 22.1. The van der Waals surface area contributed by atoms with Gasteiger partial charge in [-0.05, 0) is 28.3 Å². The van der Waals surface area contributed by atoms with Crippen LogP contribution in [-0.4, -0.2) is 20.9 Å². The second kappa shape index (κ2) is 11.9. The minimum atomic E-state index is -0.417. The van der Waals surface area contributed by atoms with Gasteiger partial charge in [-0.25, -0.2) is 4.98 Å². The zero-order valence-electron chi connectivity index (χ0n) is 25.3. The van der Waals surface area contributed by atoms with Gasteiger partial charge in [-0.2, -0.15) is 0 Å². The number of hydrogen-bond donors (Lipinski definition) is 1. The maximum Gasteiger partial charge on any atom is 0.164 e. The Kier molecular flexibility index (Phi) is 9.32. The van der Waals surface area contributed by atoms with Crippen LogP contribution in [0.3, 0.4) is 0 Å². The molecular weight excluding hydrogens is 689 g/mol. The van der Waals surface area contributed by atoms with Gasteiger partial charge in [0.15, 0.2) is 5.78 Å². The van der Waals surface area contributed by atoms with Gasteiger partial charge in [-0.1, -0.05) is 86.6 Å². The zero-order chi connectivity index (χ0) is 29.5. The summed E-state index contributed by atoms with van der Waals surface area (Å²) in [5.74, 6) is 0.104. The molecule has 1 N–H and O–H groups in total. The Morgan fingerprint density at radius 2 is 1.51 bits per heavy atom. The Morgan fingerprint density at radius 1 is 0.878 bits per heavy atom. The van der Waals surface area contributed by atoms with Crippen LogP contribution in [0.5, 0.6) is 0 Å². The fourth-order valence-electron chi connectivity index (χ4n) is 4.05. The van der Waals surface area contributed by atoms with Gasteiger partial charge >= 0.3 is 0 Å². The van der Waals surface area contributed by atoms with Gasteiger partial charge in [-0.15, -0.1) is 35.4 Å². The molecule has 0 saturated heterocycles. The Labute approximate surface area is 256 Å². The van der Waals surface area contributed by atoms with Gasteiger partial charge < -0.3 is 9.52 Å². The van der Waals surface area contributed by atoms with Crippen LogP contribution in [0.15, 0.2) is 77.2 Å². The molecule has 0 unspecified atom stereocenters. The summed E-state index contributed by atoms with van der Waals surface area (Å²) in [6.07, 6.45) is 2.94. The molecule has 0 aliphatic carbocycles. The summed E-state index contributed by atoms with van der Waals surface area (Å²) in [4.78, 5) is 20.5. The van der Waals surface area contributed by atoms with Gasteiger partial charge in [0.05, 0.1) is 0 Å². The number of rotatable bonds is 2. The standard InChI is InChI=1S/C24H19N2O.C11H20O2.Ir/c1-24(2,3)18-10-8-15(9-11-18)21-23-22(26-14-25-21)19-12-16-6-4-5-7-17(16)13-20(19)27-23;1-10(2,3)8(12)7-9(13)11(4,5)6;/h4-8,10-14H,1-3H3;7,12H,1-6H3;/q-1;;/b;8-7-;. The monoisotopic (exact) mass is 728 g/mol. The van der Waals surface area contributed by atoms with Gasteiger partial charge in [0, 0.05) is 48.1 Å². The zero-order valence-corrected chi connectivity index (χ0v) is 27.7. The third-order valence-corrected chi connectivity index (χ3v) is 6.83. The van der Waals surface area contributed by atoms with E-state index in [9.17, 15) is 9.90 Å². The van der Waals surface area contributed by atoms with E-state index in [4.69, 9.17) is 4.42 Å². The second-order valence-electron chi connectivity index (χ2n) is 13.3. The van der Waals surface area contributed by atoms with Gasteiger partial charge in [0.25, 0.3) is 0 Å². The average Bonchev–Trinajstić information content (AvgIpc) is 3.23. The van der Waals surface area contributed by atoms with E-state index in [1.54, 1.807) is 6.33 Å². The molecule has 0 amide bonds. The van der Waals surface area contributed by atoms with Crippen LogP contribution >= 0.6 is 0 Å². The Bertz CT molecular complexity index is 1710. The van der Waals surface area contributed by atoms with Gasteiger partial charge in [0.1, 0.15) is 28.8 Å². The van der Waals surface area contributed by atoms with Crippen molar-refractivity contribution in [1.82, 2.24) is 9.97 Å². The first kappa shape index (κ1) is 32.2. The van der Waals surface area contributed by atoms with Crippen molar-refractivity contribution in [2.24, 2.45) is 10.8 Å². The molecule has 0 spiro atoms. The first-order valence-corrected chi connectivity index (χ1v) is 13.6. The van der Waals surface area contributed by atoms with Crippen LogP contribution in [-0.2, 0) is 30.3 Å². The van der Waals surface area contributed by atoms with E-state index in [0.717, 1.165) is 33.1 Å². The molecule has 0 fully saturated rings. The maximum absolute atomic E-state index is 11.5. The van der Waals surface area contributed by atoms with Crippen molar-refractivity contribution in [1.29, 1.82) is 0 Å². The first-order valence-electron chi connectivity index (χ1n) is 13.6. The number of carbonyl (C=O) groups excluding carboxylic acids is 1. The molecule has 5 rings (SSSR count). The normalized spacial score (nSPS) is 12.7. The smallest absolute Gasteiger partial charge is 0.164 e. The second-order valence-corrected chi connectivity index (χ2v) is 13.3. The van der Waals surface area contributed by atoms with Crippen molar-refractivity contribution in [3.8, 4) is 11.3 Å². The van der Waals surface area contributed by atoms with E-state index < -0.39 is 5.41 Å². The molecule has 5 aromatic rings. The summed E-state index contributed by atoms with van der Waals surface area (Å²) >= 11 is 0. The van der Waals surface area contributed by atoms with Crippen LogP contribution in [0.4, 0.5) is 0 Å². The SMILES string of the molecule is CC(C)(C)C(=O)/C=C(\O)C(C)(C)C.CC(C)(C)c1c[c-]c(-c2ncnc3c2oc2cc4ccccc4cc23)cc1.[Ir]. The molecule has 2 aromatic heterocycles. The maximum atomic E-state index is 11.5. The molecule has 0 aliphatic rings. The summed E-state index contributed by atoms with van der Waals surface area (Å²) in [6.45, 7) is 17.7. The molecule has 1 radical (unpaired) electrons. The van der Waals surface area contributed by atoms with Gasteiger partial charge in [-0.3, -0.25) is 9.78 Å². The van der Waals surface area contributed by atoms with E-state index in [1.807, 2.05) is 59.7 Å². The number of aliphatic hydroxyl groups excluding tert-OH is 1. The van der Waals surface area contributed by atoms with Crippen molar-refractivity contribution >= 4 is 38.6 Å². The van der Waals surface area contributed by atoms with Crippen molar-refractivity contribution in [2.45, 2.75) is 67.7 Å². The average molecular weight is 728 g/mol. The van der Waals surface area contributed by atoms with Crippen LogP contribution in [0.2, 0.25) is 0 Å². The molecular formula is C35H39IrN2O3-. The van der Waals surface area contributed by atoms with E-state index in [2.05, 4.69) is 73.2 Å². The largest absolute Gasteiger partial charge is 0.512 e. The fourth-order valence-corrected chi connectivity index (χ4v) is 4.05. The van der Waals surface area contributed by atoms with Crippen molar-refractivity contribution < 1.29 is 34.4 Å². The van der Waals surface area contributed by atoms with Crippen molar-refractivity contribution in [3.63, 3.8) is 0 Å². The van der Waals surface area contributed by atoms with E-state index in [1.165, 1.54) is 17.0 Å². The Balaban J connectivity index is 0.000000284. The molecule has 2 heterocycles. The number of nitrogens with zero attached hydrogens (tertiary/aromatic N) is 2. The van der Waals surface area contributed by atoms with Crippen molar-refractivity contribution in [3.05, 3.63) is 84.4 Å². The van der Waals surface area contributed by atoms with E-state index in [-0.39, 0.29) is 42.5 Å². The number of aliphatic hydroxyl groups is 1. The number of fused-ring (bicyclic) bond motifs is 4. The molecule has 0 aliphatic heterocycles. The molecule has 5 nitrogen and oxygen atoms in total. The first-order chi connectivity index (χ1) is 18.6. The van der Waals surface area contributed by atoms with E-state index in [0.29, 0.717) is 5.58 Å². The van der Waals surface area contributed by atoms with Crippen LogP contribution in [0.25, 0.3) is 44.1 Å². The summed E-state index contributed by atoms with van der Waals surface area (Å²) in [7, 11) is 0. The van der Waals surface area contributed by atoms with E-state index >= 15 is 0 Å². The molecule has 41 heavy (non-hydrogen) atoms. The predicted molar refractivity (Wildman–Crippen MR) is 164 cm³/mol. The topological polar surface area (TPSA) is 76.2 Å². The summed E-state index contributed by atoms with van der Waals surface area (Å²) in [5.41, 5.74) is 4.65. The predicted octanol–water partition coefficient (Wildman–Crippen LogP) is 9.38. The number of carbonyl (C=O) groups is 1.